The maximum absolute atomic E-state index is 12.1. The number of carbonyl (C=O) groups is 1. The van der Waals surface area contributed by atoms with Crippen LogP contribution >= 0.6 is 12.2 Å². The van der Waals surface area contributed by atoms with E-state index in [-0.39, 0.29) is 30.0 Å². The van der Waals surface area contributed by atoms with E-state index in [1.807, 2.05) is 13.8 Å². The van der Waals surface area contributed by atoms with Gasteiger partial charge in [-0.05, 0) is 39.0 Å². The van der Waals surface area contributed by atoms with E-state index in [4.69, 9.17) is 22.7 Å². The molecule has 4 nitrogen and oxygen atoms in total. The molecule has 1 saturated heterocycles. The number of rotatable bonds is 6. The second-order valence-corrected chi connectivity index (χ2v) is 5.67. The molecule has 5 heteroatoms. The van der Waals surface area contributed by atoms with Crippen LogP contribution in [-0.4, -0.2) is 29.6 Å². The minimum atomic E-state index is -0.0319. The zero-order chi connectivity index (χ0) is 13.7. The van der Waals surface area contributed by atoms with E-state index in [0.29, 0.717) is 11.5 Å². The molecule has 0 radical (unpaired) electrons. The van der Waals surface area contributed by atoms with Gasteiger partial charge in [0, 0.05) is 6.54 Å². The lowest BCUT2D eigenvalue weighted by atomic mass is 9.89. The molecule has 1 fully saturated rings. The highest BCUT2D eigenvalue weighted by molar-refractivity contribution is 7.80. The largest absolute Gasteiger partial charge is 0.393 e. The fourth-order valence-electron chi connectivity index (χ4n) is 2.47. The average molecular weight is 272 g/mol. The molecule has 1 heterocycles. The second kappa shape index (κ2) is 7.04. The molecule has 1 aliphatic rings. The predicted molar refractivity (Wildman–Crippen MR) is 76.3 cm³/mol. The highest BCUT2D eigenvalue weighted by atomic mass is 32.1. The Bertz CT molecular complexity index is 309. The summed E-state index contributed by atoms with van der Waals surface area (Å²) in [5, 5.41) is 2.98. The van der Waals surface area contributed by atoms with Crippen molar-refractivity contribution in [1.82, 2.24) is 5.32 Å². The summed E-state index contributed by atoms with van der Waals surface area (Å²) >= 11 is 4.80. The molecule has 1 amide bonds. The number of hydrogen-bond acceptors (Lipinski definition) is 3. The van der Waals surface area contributed by atoms with Crippen molar-refractivity contribution in [2.24, 2.45) is 17.6 Å². The summed E-state index contributed by atoms with van der Waals surface area (Å²) in [5.74, 6) is 0.349. The summed E-state index contributed by atoms with van der Waals surface area (Å²) in [4.78, 5) is 12.6. The van der Waals surface area contributed by atoms with Gasteiger partial charge in [0.25, 0.3) is 0 Å². The van der Waals surface area contributed by atoms with Crippen molar-refractivity contribution >= 4 is 23.1 Å². The van der Waals surface area contributed by atoms with Gasteiger partial charge < -0.3 is 15.8 Å². The van der Waals surface area contributed by atoms with Crippen molar-refractivity contribution in [3.8, 4) is 0 Å². The van der Waals surface area contributed by atoms with Gasteiger partial charge in [-0.25, -0.2) is 0 Å². The third-order valence-corrected chi connectivity index (χ3v) is 3.90. The van der Waals surface area contributed by atoms with Crippen molar-refractivity contribution in [3.63, 3.8) is 0 Å². The number of carbonyl (C=O) groups excluding carboxylic acids is 1. The minimum absolute atomic E-state index is 0.00613. The smallest absolute Gasteiger partial charge is 0.226 e. The zero-order valence-electron chi connectivity index (χ0n) is 11.4. The van der Waals surface area contributed by atoms with Crippen LogP contribution < -0.4 is 11.1 Å². The van der Waals surface area contributed by atoms with E-state index >= 15 is 0 Å². The van der Waals surface area contributed by atoms with Crippen molar-refractivity contribution in [2.75, 3.05) is 6.54 Å². The number of ether oxygens (including phenoxy) is 1. The number of amides is 1. The van der Waals surface area contributed by atoms with Gasteiger partial charge in [-0.1, -0.05) is 19.1 Å². The minimum Gasteiger partial charge on any atom is -0.393 e. The summed E-state index contributed by atoms with van der Waals surface area (Å²) in [6, 6.07) is 0. The third-order valence-electron chi connectivity index (χ3n) is 3.69. The molecule has 4 unspecified atom stereocenters. The van der Waals surface area contributed by atoms with Crippen molar-refractivity contribution in [3.05, 3.63) is 0 Å². The lowest BCUT2D eigenvalue weighted by Crippen LogP contribution is -2.37. The number of nitrogens with one attached hydrogen (secondary N) is 1. The maximum Gasteiger partial charge on any atom is 0.226 e. The van der Waals surface area contributed by atoms with Gasteiger partial charge in [0.05, 0.1) is 23.1 Å². The standard InChI is InChI=1S/C13H24N2O2S/c1-8-9(2)17-10(3)12(8)13(16)15-7-5-4-6-11(14)18/h8-10,12H,4-7H2,1-3H3,(H2,14,18)(H,15,16). The quantitative estimate of drug-likeness (QED) is 0.569. The molecule has 0 aliphatic carbocycles. The third kappa shape index (κ3) is 4.21. The normalized spacial score (nSPS) is 31.3. The van der Waals surface area contributed by atoms with Crippen LogP contribution in [0.15, 0.2) is 0 Å². The molecular formula is C13H24N2O2S. The molecule has 18 heavy (non-hydrogen) atoms. The Morgan fingerprint density at radius 1 is 1.28 bits per heavy atom. The second-order valence-electron chi connectivity index (χ2n) is 5.15. The SMILES string of the molecule is CC1OC(C)C(C(=O)NCCCCC(N)=S)C1C. The van der Waals surface area contributed by atoms with Gasteiger partial charge in [0.1, 0.15) is 0 Å². The average Bonchev–Trinajstić information content (AvgIpc) is 2.52. The van der Waals surface area contributed by atoms with E-state index in [0.717, 1.165) is 19.3 Å². The first kappa shape index (κ1) is 15.4. The molecule has 0 saturated carbocycles. The van der Waals surface area contributed by atoms with Gasteiger partial charge >= 0.3 is 0 Å². The van der Waals surface area contributed by atoms with Crippen LogP contribution in [-0.2, 0) is 9.53 Å². The molecule has 0 spiro atoms. The summed E-state index contributed by atoms with van der Waals surface area (Å²) in [7, 11) is 0. The molecule has 0 aromatic carbocycles. The van der Waals surface area contributed by atoms with Crippen molar-refractivity contribution in [1.29, 1.82) is 0 Å². The van der Waals surface area contributed by atoms with Crippen LogP contribution in [0.3, 0.4) is 0 Å². The van der Waals surface area contributed by atoms with Gasteiger partial charge in [0.2, 0.25) is 5.91 Å². The fraction of sp³-hybridized carbons (Fsp3) is 0.846. The monoisotopic (exact) mass is 272 g/mol. The summed E-state index contributed by atoms with van der Waals surface area (Å²) in [5.41, 5.74) is 5.41. The fourth-order valence-corrected chi connectivity index (χ4v) is 2.62. The zero-order valence-corrected chi connectivity index (χ0v) is 12.3. The van der Waals surface area contributed by atoms with Crippen LogP contribution in [0.4, 0.5) is 0 Å². The number of nitrogens with two attached hydrogens (primary N) is 1. The highest BCUT2D eigenvalue weighted by Crippen LogP contribution is 2.32. The van der Waals surface area contributed by atoms with Crippen LogP contribution in [0.1, 0.15) is 40.0 Å². The molecule has 3 N–H and O–H groups in total. The molecule has 0 aromatic rings. The van der Waals surface area contributed by atoms with E-state index in [2.05, 4.69) is 12.2 Å². The molecule has 0 aromatic heterocycles. The topological polar surface area (TPSA) is 64.3 Å². The number of hydrogen-bond donors (Lipinski definition) is 2. The Labute approximate surface area is 115 Å². The number of thiocarbonyl (C=S) groups is 1. The van der Waals surface area contributed by atoms with Crippen LogP contribution in [0, 0.1) is 11.8 Å². The van der Waals surface area contributed by atoms with Crippen molar-refractivity contribution in [2.45, 2.75) is 52.2 Å². The summed E-state index contributed by atoms with van der Waals surface area (Å²) < 4.78 is 5.67. The van der Waals surface area contributed by atoms with Gasteiger partial charge in [-0.15, -0.1) is 0 Å². The summed E-state index contributed by atoms with van der Waals surface area (Å²) in [6.45, 7) is 6.75. The first-order valence-corrected chi connectivity index (χ1v) is 7.05. The molecule has 1 rings (SSSR count). The first-order valence-electron chi connectivity index (χ1n) is 6.65. The van der Waals surface area contributed by atoms with Crippen LogP contribution in [0.2, 0.25) is 0 Å². The van der Waals surface area contributed by atoms with E-state index in [9.17, 15) is 4.79 Å². The Morgan fingerprint density at radius 2 is 1.94 bits per heavy atom. The Hall–Kier alpha value is -0.680. The molecule has 0 bridgehead atoms. The highest BCUT2D eigenvalue weighted by Gasteiger charge is 2.41. The van der Waals surface area contributed by atoms with Gasteiger partial charge in [-0.3, -0.25) is 4.79 Å². The Balaban J connectivity index is 2.26. The number of unbranched alkanes of at least 4 members (excludes halogenated alkanes) is 1. The van der Waals surface area contributed by atoms with E-state index < -0.39 is 0 Å². The Kier molecular flexibility index (Phi) is 6.02. The Morgan fingerprint density at radius 3 is 2.44 bits per heavy atom. The van der Waals surface area contributed by atoms with Crippen LogP contribution in [0.5, 0.6) is 0 Å². The van der Waals surface area contributed by atoms with E-state index in [1.165, 1.54) is 0 Å². The summed E-state index contributed by atoms with van der Waals surface area (Å²) in [6.07, 6.45) is 2.76. The lowest BCUT2D eigenvalue weighted by molar-refractivity contribution is -0.127. The van der Waals surface area contributed by atoms with E-state index in [1.54, 1.807) is 0 Å². The molecule has 1 aliphatic heterocycles. The van der Waals surface area contributed by atoms with Crippen molar-refractivity contribution < 1.29 is 9.53 Å². The van der Waals surface area contributed by atoms with Crippen LogP contribution in [0.25, 0.3) is 0 Å². The maximum atomic E-state index is 12.1. The molecule has 4 atom stereocenters. The van der Waals surface area contributed by atoms with Gasteiger partial charge in [-0.2, -0.15) is 0 Å². The lowest BCUT2D eigenvalue weighted by Gasteiger charge is -2.17. The molecular weight excluding hydrogens is 248 g/mol. The van der Waals surface area contributed by atoms with Gasteiger partial charge in [0.15, 0.2) is 0 Å². The predicted octanol–water partition coefficient (Wildman–Crippen LogP) is 1.62. The molecule has 104 valence electrons. The first-order chi connectivity index (χ1) is 8.43.